The average molecular weight is 486 g/mol. The van der Waals surface area contributed by atoms with Crippen LogP contribution in [0.25, 0.3) is 0 Å². The lowest BCUT2D eigenvalue weighted by molar-refractivity contribution is -0.147. The second-order valence-electron chi connectivity index (χ2n) is 7.80. The lowest BCUT2D eigenvalue weighted by Crippen LogP contribution is -2.40. The van der Waals surface area contributed by atoms with Gasteiger partial charge in [0.2, 0.25) is 15.9 Å². The number of esters is 1. The molecule has 0 aromatic heterocycles. The second kappa shape index (κ2) is 12.5. The maximum absolute atomic E-state index is 13.0. The van der Waals surface area contributed by atoms with Crippen LogP contribution in [0.4, 0.5) is 5.69 Å². The molecule has 184 valence electrons. The SMILES string of the molecule is COc1ccc(NC(=O)COC(=O)CNC(=O)CCC(C)C)cc1S(=O)(=O)N1CCOCC1. The van der Waals surface area contributed by atoms with Crippen LogP contribution in [0.5, 0.6) is 5.75 Å². The summed E-state index contributed by atoms with van der Waals surface area (Å²) >= 11 is 0. The summed E-state index contributed by atoms with van der Waals surface area (Å²) in [4.78, 5) is 35.5. The van der Waals surface area contributed by atoms with Crippen molar-refractivity contribution in [2.45, 2.75) is 31.6 Å². The van der Waals surface area contributed by atoms with Gasteiger partial charge in [0.1, 0.15) is 17.2 Å². The number of hydrogen-bond donors (Lipinski definition) is 2. The van der Waals surface area contributed by atoms with Gasteiger partial charge in [-0.05, 0) is 30.5 Å². The third kappa shape index (κ3) is 8.30. The van der Waals surface area contributed by atoms with E-state index in [-0.39, 0.29) is 41.9 Å². The topological polar surface area (TPSA) is 140 Å². The maximum atomic E-state index is 13.0. The van der Waals surface area contributed by atoms with E-state index in [2.05, 4.69) is 10.6 Å². The summed E-state index contributed by atoms with van der Waals surface area (Å²) in [6.07, 6.45) is 1.01. The number of methoxy groups -OCH3 is 1. The van der Waals surface area contributed by atoms with Gasteiger partial charge in [0, 0.05) is 25.2 Å². The third-order valence-electron chi connectivity index (χ3n) is 4.78. The molecule has 2 rings (SSSR count). The van der Waals surface area contributed by atoms with Crippen LogP contribution in [0.1, 0.15) is 26.7 Å². The van der Waals surface area contributed by atoms with Crippen LogP contribution < -0.4 is 15.4 Å². The molecule has 0 spiro atoms. The van der Waals surface area contributed by atoms with Gasteiger partial charge in [-0.3, -0.25) is 14.4 Å². The fourth-order valence-corrected chi connectivity index (χ4v) is 4.54. The van der Waals surface area contributed by atoms with E-state index in [1.807, 2.05) is 13.8 Å². The van der Waals surface area contributed by atoms with Crippen molar-refractivity contribution >= 4 is 33.5 Å². The fraction of sp³-hybridized carbons (Fsp3) is 0.571. The minimum atomic E-state index is -3.86. The van der Waals surface area contributed by atoms with E-state index in [0.29, 0.717) is 32.0 Å². The highest BCUT2D eigenvalue weighted by Gasteiger charge is 2.29. The van der Waals surface area contributed by atoms with Crippen molar-refractivity contribution in [2.75, 3.05) is 51.9 Å². The van der Waals surface area contributed by atoms with Crippen molar-refractivity contribution in [1.29, 1.82) is 0 Å². The normalized spacial score (nSPS) is 14.5. The van der Waals surface area contributed by atoms with Crippen LogP contribution in [0.2, 0.25) is 0 Å². The molecule has 12 heteroatoms. The first-order valence-corrected chi connectivity index (χ1v) is 12.1. The minimum Gasteiger partial charge on any atom is -0.495 e. The Morgan fingerprint density at radius 2 is 1.85 bits per heavy atom. The number of rotatable bonds is 11. The Hall–Kier alpha value is -2.70. The molecule has 0 aliphatic carbocycles. The number of nitrogens with zero attached hydrogens (tertiary/aromatic N) is 1. The van der Waals surface area contributed by atoms with Gasteiger partial charge in [-0.1, -0.05) is 13.8 Å². The van der Waals surface area contributed by atoms with Crippen molar-refractivity contribution in [3.05, 3.63) is 18.2 Å². The van der Waals surface area contributed by atoms with E-state index >= 15 is 0 Å². The summed E-state index contributed by atoms with van der Waals surface area (Å²) < 4.78 is 42.5. The number of hydrogen-bond acceptors (Lipinski definition) is 8. The number of amides is 2. The Morgan fingerprint density at radius 3 is 2.48 bits per heavy atom. The quantitative estimate of drug-likeness (QED) is 0.438. The zero-order valence-electron chi connectivity index (χ0n) is 19.1. The smallest absolute Gasteiger partial charge is 0.325 e. The molecule has 33 heavy (non-hydrogen) atoms. The molecule has 2 amide bonds. The number of benzene rings is 1. The number of nitrogens with one attached hydrogen (secondary N) is 2. The molecule has 1 aliphatic heterocycles. The summed E-state index contributed by atoms with van der Waals surface area (Å²) in [5.74, 6) is -1.17. The molecule has 0 saturated carbocycles. The number of ether oxygens (including phenoxy) is 3. The van der Waals surface area contributed by atoms with Gasteiger partial charge in [0.15, 0.2) is 6.61 Å². The average Bonchev–Trinajstić information content (AvgIpc) is 2.80. The van der Waals surface area contributed by atoms with Crippen molar-refractivity contribution in [2.24, 2.45) is 5.92 Å². The first-order valence-electron chi connectivity index (χ1n) is 10.6. The highest BCUT2D eigenvalue weighted by molar-refractivity contribution is 7.89. The molecule has 1 aliphatic rings. The van der Waals surface area contributed by atoms with Crippen LogP contribution in [0.15, 0.2) is 23.1 Å². The van der Waals surface area contributed by atoms with Crippen LogP contribution in [-0.4, -0.2) is 77.1 Å². The minimum absolute atomic E-state index is 0.0918. The molecule has 0 bridgehead atoms. The summed E-state index contributed by atoms with van der Waals surface area (Å²) in [5, 5.41) is 4.93. The molecule has 0 radical (unpaired) electrons. The number of sulfonamides is 1. The number of morpholine rings is 1. The number of carbonyl (C=O) groups is 3. The molecule has 0 atom stereocenters. The molecule has 1 fully saturated rings. The molecule has 11 nitrogen and oxygen atoms in total. The van der Waals surface area contributed by atoms with Crippen LogP contribution in [0, 0.1) is 5.92 Å². The van der Waals surface area contributed by atoms with Gasteiger partial charge in [0.25, 0.3) is 5.91 Å². The second-order valence-corrected chi connectivity index (χ2v) is 9.71. The Bertz CT molecular complexity index is 943. The maximum Gasteiger partial charge on any atom is 0.325 e. The monoisotopic (exact) mass is 485 g/mol. The molecule has 2 N–H and O–H groups in total. The van der Waals surface area contributed by atoms with Gasteiger partial charge >= 0.3 is 5.97 Å². The van der Waals surface area contributed by atoms with E-state index in [1.54, 1.807) is 0 Å². The van der Waals surface area contributed by atoms with Gasteiger partial charge in [-0.15, -0.1) is 0 Å². The van der Waals surface area contributed by atoms with Crippen LogP contribution >= 0.6 is 0 Å². The van der Waals surface area contributed by atoms with E-state index < -0.39 is 28.5 Å². The first-order chi connectivity index (χ1) is 15.6. The fourth-order valence-electron chi connectivity index (χ4n) is 2.96. The highest BCUT2D eigenvalue weighted by Crippen LogP contribution is 2.30. The summed E-state index contributed by atoms with van der Waals surface area (Å²) in [6.45, 7) is 4.07. The van der Waals surface area contributed by atoms with E-state index in [4.69, 9.17) is 14.2 Å². The van der Waals surface area contributed by atoms with Gasteiger partial charge in [-0.25, -0.2) is 8.42 Å². The van der Waals surface area contributed by atoms with Crippen molar-refractivity contribution in [1.82, 2.24) is 9.62 Å². The third-order valence-corrected chi connectivity index (χ3v) is 6.70. The van der Waals surface area contributed by atoms with Gasteiger partial charge in [-0.2, -0.15) is 4.31 Å². The highest BCUT2D eigenvalue weighted by atomic mass is 32.2. The largest absolute Gasteiger partial charge is 0.495 e. The van der Waals surface area contributed by atoms with Crippen molar-refractivity contribution in [3.8, 4) is 5.75 Å². The van der Waals surface area contributed by atoms with Crippen LogP contribution in [-0.2, 0) is 33.9 Å². The lowest BCUT2D eigenvalue weighted by atomic mass is 10.1. The predicted octanol–water partition coefficient (Wildman–Crippen LogP) is 0.750. The Kier molecular flexibility index (Phi) is 10.1. The summed E-state index contributed by atoms with van der Waals surface area (Å²) in [7, 11) is -2.51. The molecule has 1 saturated heterocycles. The standard InChI is InChI=1S/C21H31N3O8S/c1-15(2)4-7-19(25)22-13-21(27)32-14-20(26)23-16-5-6-17(30-3)18(12-16)33(28,29)24-8-10-31-11-9-24/h5-6,12,15H,4,7-11,13-14H2,1-3H3,(H,22,25)(H,23,26). The van der Waals surface area contributed by atoms with Gasteiger partial charge in [0.05, 0.1) is 20.3 Å². The molecule has 1 aromatic rings. The van der Waals surface area contributed by atoms with E-state index in [9.17, 15) is 22.8 Å². The first kappa shape index (κ1) is 26.6. The zero-order valence-corrected chi connectivity index (χ0v) is 19.9. The van der Waals surface area contributed by atoms with E-state index in [1.165, 1.54) is 29.6 Å². The Morgan fingerprint density at radius 1 is 1.15 bits per heavy atom. The molecular weight excluding hydrogens is 454 g/mol. The Balaban J connectivity index is 1.92. The van der Waals surface area contributed by atoms with Crippen molar-refractivity contribution < 1.29 is 37.0 Å². The van der Waals surface area contributed by atoms with E-state index in [0.717, 1.165) is 0 Å². The molecule has 1 heterocycles. The molecule has 1 aromatic carbocycles. The number of anilines is 1. The van der Waals surface area contributed by atoms with Gasteiger partial charge < -0.3 is 24.8 Å². The summed E-state index contributed by atoms with van der Waals surface area (Å²) in [6, 6.07) is 4.20. The van der Waals surface area contributed by atoms with Crippen molar-refractivity contribution in [3.63, 3.8) is 0 Å². The Labute approximate surface area is 193 Å². The lowest BCUT2D eigenvalue weighted by Gasteiger charge is -2.26. The summed E-state index contributed by atoms with van der Waals surface area (Å²) in [5.41, 5.74) is 0.200. The predicted molar refractivity (Wildman–Crippen MR) is 119 cm³/mol. The molecule has 0 unspecified atom stereocenters. The number of carbonyl (C=O) groups excluding carboxylic acids is 3. The zero-order chi connectivity index (χ0) is 24.4. The molecular formula is C21H31N3O8S. The van der Waals surface area contributed by atoms with Crippen LogP contribution in [0.3, 0.4) is 0 Å².